The van der Waals surface area contributed by atoms with Crippen LogP contribution in [0.15, 0.2) is 30.3 Å². The van der Waals surface area contributed by atoms with Crippen LogP contribution in [0.2, 0.25) is 0 Å². The van der Waals surface area contributed by atoms with Crippen LogP contribution in [0.5, 0.6) is 0 Å². The summed E-state index contributed by atoms with van der Waals surface area (Å²) in [6.07, 6.45) is -4.46. The van der Waals surface area contributed by atoms with Gasteiger partial charge in [-0.05, 0) is 37.6 Å². The number of hydrogen-bond acceptors (Lipinski definition) is 5. The van der Waals surface area contributed by atoms with Gasteiger partial charge in [0.15, 0.2) is 0 Å². The van der Waals surface area contributed by atoms with Gasteiger partial charge in [0.05, 0.1) is 11.5 Å². The van der Waals surface area contributed by atoms with Gasteiger partial charge in [-0.15, -0.1) is 0 Å². The summed E-state index contributed by atoms with van der Waals surface area (Å²) in [4.78, 5) is 34.2. The fourth-order valence-electron chi connectivity index (χ4n) is 3.17. The van der Waals surface area contributed by atoms with E-state index >= 15 is 0 Å². The molecule has 1 aromatic carbocycles. The number of amides is 2. The fourth-order valence-corrected chi connectivity index (χ4v) is 3.17. The maximum Gasteiger partial charge on any atom is 0.416 e. The Labute approximate surface area is 165 Å². The lowest BCUT2D eigenvalue weighted by Crippen LogP contribution is -2.37. The van der Waals surface area contributed by atoms with Gasteiger partial charge in [0, 0.05) is 30.9 Å². The first-order valence-electron chi connectivity index (χ1n) is 8.94. The average molecular weight is 407 g/mol. The number of nitrogens with zero attached hydrogens (tertiary/aromatic N) is 3. The molecule has 1 fully saturated rings. The van der Waals surface area contributed by atoms with E-state index in [1.807, 2.05) is 0 Å². The Bertz CT molecular complexity index is 912. The highest BCUT2D eigenvalue weighted by molar-refractivity contribution is 5.89. The first kappa shape index (κ1) is 20.6. The number of carbonyl (C=O) groups is 2. The number of alkyl halides is 3. The third-order valence-electron chi connectivity index (χ3n) is 4.49. The number of benzene rings is 1. The quantitative estimate of drug-likeness (QED) is 0.744. The molecule has 1 aromatic heterocycles. The molecule has 0 spiro atoms. The van der Waals surface area contributed by atoms with Gasteiger partial charge in [-0.2, -0.15) is 13.2 Å². The van der Waals surface area contributed by atoms with Gasteiger partial charge in [0.25, 0.3) is 0 Å². The number of aromatic nitrogens is 2. The Morgan fingerprint density at radius 3 is 2.55 bits per heavy atom. The van der Waals surface area contributed by atoms with Crippen LogP contribution in [0.3, 0.4) is 0 Å². The third kappa shape index (κ3) is 5.21. The maximum atomic E-state index is 12.8. The molecule has 0 radical (unpaired) electrons. The van der Waals surface area contributed by atoms with Crippen LogP contribution in [0.1, 0.15) is 28.9 Å². The highest BCUT2D eigenvalue weighted by Crippen LogP contribution is 2.30. The zero-order valence-corrected chi connectivity index (χ0v) is 15.9. The molecule has 1 aliphatic rings. The van der Waals surface area contributed by atoms with E-state index in [9.17, 15) is 22.8 Å². The van der Waals surface area contributed by atoms with Crippen LogP contribution in [-0.2, 0) is 22.3 Å². The monoisotopic (exact) mass is 407 g/mol. The van der Waals surface area contributed by atoms with Crippen molar-refractivity contribution >= 4 is 17.8 Å². The Balaban J connectivity index is 1.59. The van der Waals surface area contributed by atoms with E-state index in [0.29, 0.717) is 5.56 Å². The van der Waals surface area contributed by atoms with Crippen LogP contribution in [0, 0.1) is 19.8 Å². The van der Waals surface area contributed by atoms with E-state index in [2.05, 4.69) is 20.8 Å². The second-order valence-corrected chi connectivity index (χ2v) is 6.96. The second-order valence-electron chi connectivity index (χ2n) is 6.96. The van der Waals surface area contributed by atoms with E-state index in [4.69, 9.17) is 0 Å². The maximum absolute atomic E-state index is 12.8. The first-order chi connectivity index (χ1) is 13.6. The Morgan fingerprint density at radius 1 is 1.21 bits per heavy atom. The van der Waals surface area contributed by atoms with Gasteiger partial charge in [-0.3, -0.25) is 20.4 Å². The van der Waals surface area contributed by atoms with Crippen molar-refractivity contribution in [3.05, 3.63) is 52.8 Å². The zero-order valence-electron chi connectivity index (χ0n) is 15.9. The number of aryl methyl sites for hydroxylation is 2. The Morgan fingerprint density at radius 2 is 1.90 bits per heavy atom. The number of likely N-dealkylation sites (tertiary alicyclic amines) is 1. The van der Waals surface area contributed by atoms with Crippen molar-refractivity contribution in [2.75, 3.05) is 12.0 Å². The first-order valence-corrected chi connectivity index (χ1v) is 8.94. The summed E-state index contributed by atoms with van der Waals surface area (Å²) in [6.45, 7) is 3.72. The number of hydrazine groups is 1. The number of anilines is 1. The molecule has 1 saturated heterocycles. The molecule has 10 heteroatoms. The average Bonchev–Trinajstić information content (AvgIpc) is 2.99. The predicted molar refractivity (Wildman–Crippen MR) is 98.2 cm³/mol. The summed E-state index contributed by atoms with van der Waals surface area (Å²) in [5, 5.41) is 0. The molecule has 1 aliphatic heterocycles. The standard InChI is InChI=1S/C19H20F3N5O2/c1-11-6-12(2)24-18(23-11)26-25-17(29)14-8-16(28)27(10-14)9-13-4-3-5-15(7-13)19(20,21)22/h3-7,14H,8-10H2,1-2H3,(H,25,29)(H,23,24,26). The van der Waals surface area contributed by atoms with E-state index < -0.39 is 23.6 Å². The number of halogens is 3. The highest BCUT2D eigenvalue weighted by Gasteiger charge is 2.35. The normalized spacial score (nSPS) is 16.8. The van der Waals surface area contributed by atoms with Crippen molar-refractivity contribution < 1.29 is 22.8 Å². The SMILES string of the molecule is Cc1cc(C)nc(NNC(=O)C2CC(=O)N(Cc3cccc(C(F)(F)F)c3)C2)n1. The molecule has 0 aliphatic carbocycles. The number of hydrogen-bond donors (Lipinski definition) is 2. The summed E-state index contributed by atoms with van der Waals surface area (Å²) < 4.78 is 38.5. The molecule has 2 aromatic rings. The molecule has 1 unspecified atom stereocenters. The van der Waals surface area contributed by atoms with E-state index in [0.717, 1.165) is 23.5 Å². The smallest absolute Gasteiger partial charge is 0.338 e. The lowest BCUT2D eigenvalue weighted by atomic mass is 10.1. The molecule has 0 saturated carbocycles. The molecule has 29 heavy (non-hydrogen) atoms. The minimum Gasteiger partial charge on any atom is -0.338 e. The zero-order chi connectivity index (χ0) is 21.2. The molecule has 2 amide bonds. The van der Waals surface area contributed by atoms with Gasteiger partial charge in [0.2, 0.25) is 17.8 Å². The number of carbonyl (C=O) groups excluding carboxylic acids is 2. The van der Waals surface area contributed by atoms with Crippen molar-refractivity contribution in [3.63, 3.8) is 0 Å². The van der Waals surface area contributed by atoms with Crippen molar-refractivity contribution in [2.24, 2.45) is 5.92 Å². The Hall–Kier alpha value is -3.17. The number of nitrogens with one attached hydrogen (secondary N) is 2. The molecular weight excluding hydrogens is 387 g/mol. The van der Waals surface area contributed by atoms with E-state index in [1.165, 1.54) is 17.0 Å². The highest BCUT2D eigenvalue weighted by atomic mass is 19.4. The largest absolute Gasteiger partial charge is 0.416 e. The lowest BCUT2D eigenvalue weighted by Gasteiger charge is -2.18. The van der Waals surface area contributed by atoms with Crippen molar-refractivity contribution in [1.82, 2.24) is 20.3 Å². The number of rotatable bonds is 5. The second kappa shape index (κ2) is 8.06. The Kier molecular flexibility index (Phi) is 5.71. The molecular formula is C19H20F3N5O2. The van der Waals surface area contributed by atoms with Gasteiger partial charge in [-0.1, -0.05) is 12.1 Å². The van der Waals surface area contributed by atoms with Crippen LogP contribution in [0.4, 0.5) is 19.1 Å². The van der Waals surface area contributed by atoms with Gasteiger partial charge < -0.3 is 4.90 Å². The molecule has 154 valence electrons. The van der Waals surface area contributed by atoms with Crippen LogP contribution in [-0.4, -0.2) is 33.2 Å². The van der Waals surface area contributed by atoms with E-state index in [-0.39, 0.29) is 31.4 Å². The van der Waals surface area contributed by atoms with Gasteiger partial charge in [-0.25, -0.2) is 9.97 Å². The minimum absolute atomic E-state index is 0.0137. The lowest BCUT2D eigenvalue weighted by molar-refractivity contribution is -0.137. The van der Waals surface area contributed by atoms with Crippen LogP contribution in [0.25, 0.3) is 0 Å². The summed E-state index contributed by atoms with van der Waals surface area (Å²) >= 11 is 0. The molecule has 2 heterocycles. The van der Waals surface area contributed by atoms with Crippen LogP contribution < -0.4 is 10.9 Å². The fraction of sp³-hybridized carbons (Fsp3) is 0.368. The summed E-state index contributed by atoms with van der Waals surface area (Å²) in [7, 11) is 0. The molecule has 0 bridgehead atoms. The van der Waals surface area contributed by atoms with Crippen molar-refractivity contribution in [2.45, 2.75) is 33.0 Å². The topological polar surface area (TPSA) is 87.2 Å². The molecule has 3 rings (SSSR count). The van der Waals surface area contributed by atoms with Crippen molar-refractivity contribution in [1.29, 1.82) is 0 Å². The van der Waals surface area contributed by atoms with E-state index in [1.54, 1.807) is 19.9 Å². The van der Waals surface area contributed by atoms with Gasteiger partial charge in [0.1, 0.15) is 0 Å². The predicted octanol–water partition coefficient (Wildman–Crippen LogP) is 2.60. The summed E-state index contributed by atoms with van der Waals surface area (Å²) in [6, 6.07) is 6.60. The van der Waals surface area contributed by atoms with Crippen molar-refractivity contribution in [3.8, 4) is 0 Å². The summed E-state index contributed by atoms with van der Waals surface area (Å²) in [5.41, 5.74) is 6.17. The minimum atomic E-state index is -4.45. The van der Waals surface area contributed by atoms with Crippen LogP contribution >= 0.6 is 0 Å². The third-order valence-corrected chi connectivity index (χ3v) is 4.49. The molecule has 2 N–H and O–H groups in total. The molecule has 7 nitrogen and oxygen atoms in total. The molecule has 1 atom stereocenters. The van der Waals surface area contributed by atoms with Gasteiger partial charge >= 0.3 is 6.18 Å². The summed E-state index contributed by atoms with van der Waals surface area (Å²) in [5.74, 6) is -1.08.